The lowest BCUT2D eigenvalue weighted by molar-refractivity contribution is 0.200. The van der Waals surface area contributed by atoms with Crippen molar-refractivity contribution >= 4 is 22.7 Å². The van der Waals surface area contributed by atoms with Gasteiger partial charge in [-0.2, -0.15) is 0 Å². The van der Waals surface area contributed by atoms with Crippen molar-refractivity contribution in [3.05, 3.63) is 32.7 Å². The highest BCUT2D eigenvalue weighted by atomic mass is 32.1. The lowest BCUT2D eigenvalue weighted by Gasteiger charge is -2.31. The molecular weight excluding hydrogens is 262 g/mol. The van der Waals surface area contributed by atoms with Crippen LogP contribution in [0.5, 0.6) is 0 Å². The topological polar surface area (TPSA) is 29.0 Å². The fraction of sp³-hybridized carbons (Fsp3) is 0.538. The lowest BCUT2D eigenvalue weighted by Crippen LogP contribution is -2.33. The molecular formula is C13H17N3S2. The van der Waals surface area contributed by atoms with E-state index < -0.39 is 0 Å². The van der Waals surface area contributed by atoms with Gasteiger partial charge in [0.2, 0.25) is 0 Å². The summed E-state index contributed by atoms with van der Waals surface area (Å²) in [6.07, 6.45) is 6.45. The Morgan fingerprint density at radius 1 is 1.44 bits per heavy atom. The van der Waals surface area contributed by atoms with E-state index in [2.05, 4.69) is 27.2 Å². The van der Waals surface area contributed by atoms with Crippen molar-refractivity contribution in [1.82, 2.24) is 14.9 Å². The molecule has 0 radical (unpaired) electrons. The van der Waals surface area contributed by atoms with Crippen LogP contribution in [0.4, 0.5) is 0 Å². The molecule has 2 aromatic heterocycles. The molecule has 0 N–H and O–H groups in total. The quantitative estimate of drug-likeness (QED) is 0.863. The number of piperidine rings is 1. The molecule has 0 saturated carbocycles. The van der Waals surface area contributed by atoms with E-state index in [4.69, 9.17) is 0 Å². The van der Waals surface area contributed by atoms with E-state index in [1.54, 1.807) is 11.3 Å². The molecule has 1 aliphatic rings. The van der Waals surface area contributed by atoms with Gasteiger partial charge < -0.3 is 0 Å². The van der Waals surface area contributed by atoms with Gasteiger partial charge in [-0.25, -0.2) is 9.97 Å². The van der Waals surface area contributed by atoms with Crippen LogP contribution in [-0.4, -0.2) is 28.0 Å². The van der Waals surface area contributed by atoms with Crippen LogP contribution in [0.2, 0.25) is 0 Å². The first-order valence-electron chi connectivity index (χ1n) is 6.34. The Morgan fingerprint density at radius 3 is 3.11 bits per heavy atom. The minimum atomic E-state index is 0.623. The van der Waals surface area contributed by atoms with E-state index in [0.29, 0.717) is 5.92 Å². The molecule has 1 atom stereocenters. The predicted octanol–water partition coefficient (Wildman–Crippen LogP) is 3.29. The molecule has 0 aliphatic carbocycles. The average Bonchev–Trinajstić information content (AvgIpc) is 3.01. The monoisotopic (exact) mass is 279 g/mol. The normalized spacial score (nSPS) is 21.3. The van der Waals surface area contributed by atoms with E-state index >= 15 is 0 Å². The largest absolute Gasteiger partial charge is 0.296 e. The Bertz CT molecular complexity index is 492. The minimum Gasteiger partial charge on any atom is -0.296 e. The van der Waals surface area contributed by atoms with Gasteiger partial charge in [0.25, 0.3) is 0 Å². The zero-order chi connectivity index (χ0) is 12.4. The summed E-state index contributed by atoms with van der Waals surface area (Å²) in [6, 6.07) is 0. The van der Waals surface area contributed by atoms with Gasteiger partial charge in [0.1, 0.15) is 5.01 Å². The summed E-state index contributed by atoms with van der Waals surface area (Å²) in [5.74, 6) is 0.623. The van der Waals surface area contributed by atoms with E-state index in [1.807, 2.05) is 23.7 Å². The summed E-state index contributed by atoms with van der Waals surface area (Å²) in [4.78, 5) is 12.8. The predicted molar refractivity (Wildman–Crippen MR) is 76.2 cm³/mol. The molecule has 0 spiro atoms. The van der Waals surface area contributed by atoms with Gasteiger partial charge in [-0.05, 0) is 26.3 Å². The maximum absolute atomic E-state index is 4.55. The zero-order valence-corrected chi connectivity index (χ0v) is 12.1. The first-order chi connectivity index (χ1) is 8.81. The summed E-state index contributed by atoms with van der Waals surface area (Å²) >= 11 is 3.61. The van der Waals surface area contributed by atoms with Crippen molar-refractivity contribution in [1.29, 1.82) is 0 Å². The summed E-state index contributed by atoms with van der Waals surface area (Å²) in [5.41, 5.74) is 0. The summed E-state index contributed by atoms with van der Waals surface area (Å²) in [6.45, 7) is 5.46. The molecule has 1 aliphatic heterocycles. The zero-order valence-electron chi connectivity index (χ0n) is 10.5. The maximum atomic E-state index is 4.55. The van der Waals surface area contributed by atoms with Crippen LogP contribution in [0.25, 0.3) is 0 Å². The maximum Gasteiger partial charge on any atom is 0.107 e. The van der Waals surface area contributed by atoms with Gasteiger partial charge in [-0.3, -0.25) is 4.90 Å². The number of aromatic nitrogens is 2. The smallest absolute Gasteiger partial charge is 0.107 e. The van der Waals surface area contributed by atoms with Crippen LogP contribution in [0.15, 0.2) is 17.8 Å². The number of nitrogens with zero attached hydrogens (tertiary/aromatic N) is 3. The van der Waals surface area contributed by atoms with Crippen LogP contribution >= 0.6 is 22.7 Å². The van der Waals surface area contributed by atoms with E-state index in [1.165, 1.54) is 34.3 Å². The summed E-state index contributed by atoms with van der Waals surface area (Å²) in [7, 11) is 0. The second kappa shape index (κ2) is 5.47. The van der Waals surface area contributed by atoms with Crippen molar-refractivity contribution in [2.45, 2.75) is 32.2 Å². The third-order valence-corrected chi connectivity index (χ3v) is 5.18. The fourth-order valence-electron chi connectivity index (χ4n) is 2.48. The molecule has 3 heterocycles. The Labute approximate surface area is 116 Å². The number of hydrogen-bond donors (Lipinski definition) is 0. The molecule has 0 bridgehead atoms. The average molecular weight is 279 g/mol. The van der Waals surface area contributed by atoms with Gasteiger partial charge >= 0.3 is 0 Å². The van der Waals surface area contributed by atoms with Crippen molar-refractivity contribution in [3.8, 4) is 0 Å². The Morgan fingerprint density at radius 2 is 2.39 bits per heavy atom. The van der Waals surface area contributed by atoms with E-state index in [0.717, 1.165) is 13.1 Å². The highest BCUT2D eigenvalue weighted by molar-refractivity contribution is 7.11. The van der Waals surface area contributed by atoms with Crippen LogP contribution in [-0.2, 0) is 6.54 Å². The van der Waals surface area contributed by atoms with Crippen LogP contribution in [0.3, 0.4) is 0 Å². The van der Waals surface area contributed by atoms with E-state index in [9.17, 15) is 0 Å². The van der Waals surface area contributed by atoms with Crippen molar-refractivity contribution in [2.75, 3.05) is 13.1 Å². The minimum absolute atomic E-state index is 0.623. The highest BCUT2D eigenvalue weighted by Crippen LogP contribution is 2.30. The lowest BCUT2D eigenvalue weighted by atomic mass is 9.99. The second-order valence-electron chi connectivity index (χ2n) is 4.81. The SMILES string of the molecule is Cc1cnc([C@@H]2CCCN(Cc3nccs3)C2)s1. The molecule has 3 rings (SSSR count). The second-order valence-corrected chi connectivity index (χ2v) is 7.05. The molecule has 1 saturated heterocycles. The van der Waals surface area contributed by atoms with Crippen molar-refractivity contribution < 1.29 is 0 Å². The third-order valence-electron chi connectivity index (χ3n) is 3.34. The Balaban J connectivity index is 1.65. The first kappa shape index (κ1) is 12.3. The van der Waals surface area contributed by atoms with E-state index in [-0.39, 0.29) is 0 Å². The third kappa shape index (κ3) is 2.79. The Hall–Kier alpha value is -0.780. The van der Waals surface area contributed by atoms with Gasteiger partial charge in [-0.1, -0.05) is 0 Å². The molecule has 96 valence electrons. The van der Waals surface area contributed by atoms with Gasteiger partial charge in [0.15, 0.2) is 0 Å². The standard InChI is InChI=1S/C13H17N3S2/c1-10-7-15-13(18-10)11-3-2-5-16(8-11)9-12-14-4-6-17-12/h4,6-7,11H,2-3,5,8-9H2,1H3/t11-/m1/s1. The van der Waals surface area contributed by atoms with Crippen LogP contribution in [0.1, 0.15) is 33.7 Å². The number of aryl methyl sites for hydroxylation is 1. The molecule has 18 heavy (non-hydrogen) atoms. The number of hydrogen-bond acceptors (Lipinski definition) is 5. The summed E-state index contributed by atoms with van der Waals surface area (Å²) < 4.78 is 0. The van der Waals surface area contributed by atoms with Crippen LogP contribution in [0, 0.1) is 6.92 Å². The Kier molecular flexibility index (Phi) is 3.72. The molecule has 2 aromatic rings. The first-order valence-corrected chi connectivity index (χ1v) is 8.04. The molecule has 0 amide bonds. The van der Waals surface area contributed by atoms with Gasteiger partial charge in [-0.15, -0.1) is 22.7 Å². The fourth-order valence-corrected chi connectivity index (χ4v) is 4.04. The highest BCUT2D eigenvalue weighted by Gasteiger charge is 2.23. The number of thiazole rings is 2. The van der Waals surface area contributed by atoms with Gasteiger partial charge in [0, 0.05) is 35.1 Å². The number of likely N-dealkylation sites (tertiary alicyclic amines) is 1. The molecule has 1 fully saturated rings. The van der Waals surface area contributed by atoms with Gasteiger partial charge in [0.05, 0.1) is 11.6 Å². The molecule has 0 unspecified atom stereocenters. The summed E-state index contributed by atoms with van der Waals surface area (Å²) in [5, 5.41) is 4.60. The van der Waals surface area contributed by atoms with Crippen molar-refractivity contribution in [3.63, 3.8) is 0 Å². The molecule has 5 heteroatoms. The number of rotatable bonds is 3. The van der Waals surface area contributed by atoms with Crippen LogP contribution < -0.4 is 0 Å². The molecule has 0 aromatic carbocycles. The molecule has 3 nitrogen and oxygen atoms in total. The van der Waals surface area contributed by atoms with Crippen molar-refractivity contribution in [2.24, 2.45) is 0 Å².